The Bertz CT molecular complexity index is 547. The molecule has 0 fully saturated rings. The van der Waals surface area contributed by atoms with Crippen LogP contribution in [0.25, 0.3) is 0 Å². The summed E-state index contributed by atoms with van der Waals surface area (Å²) in [5.74, 6) is 0.201. The summed E-state index contributed by atoms with van der Waals surface area (Å²) in [6.07, 6.45) is 0. The van der Waals surface area contributed by atoms with Crippen molar-refractivity contribution >= 4 is 5.97 Å². The predicted molar refractivity (Wildman–Crippen MR) is 70.5 cm³/mol. The molecule has 0 aliphatic carbocycles. The molecule has 18 heavy (non-hydrogen) atoms. The van der Waals surface area contributed by atoms with Gasteiger partial charge in [0.25, 0.3) is 0 Å². The molecule has 0 aromatic heterocycles. The number of rotatable bonds is 3. The highest BCUT2D eigenvalue weighted by atomic mass is 16.5. The van der Waals surface area contributed by atoms with Crippen LogP contribution in [0, 0.1) is 6.92 Å². The summed E-state index contributed by atoms with van der Waals surface area (Å²) < 4.78 is 5.28. The third kappa shape index (κ3) is 2.96. The molecule has 0 aliphatic heterocycles. The Morgan fingerprint density at radius 2 is 1.89 bits per heavy atom. The fourth-order valence-electron chi connectivity index (χ4n) is 1.62. The highest BCUT2D eigenvalue weighted by Crippen LogP contribution is 2.14. The molecule has 3 heteroatoms. The number of carbonyl (C=O) groups is 1. The molecule has 0 bridgehead atoms. The fraction of sp³-hybridized carbons (Fsp3) is 0.133. The monoisotopic (exact) mass is 241 g/mol. The summed E-state index contributed by atoms with van der Waals surface area (Å²) in [5.41, 5.74) is 8.06. The van der Waals surface area contributed by atoms with Crippen LogP contribution in [-0.4, -0.2) is 5.97 Å². The number of nitrogens with two attached hydrogens (primary N) is 1. The maximum Gasteiger partial charge on any atom is 0.343 e. The first-order valence-electron chi connectivity index (χ1n) is 5.77. The highest BCUT2D eigenvalue weighted by Gasteiger charge is 2.08. The van der Waals surface area contributed by atoms with E-state index in [4.69, 9.17) is 10.5 Å². The van der Waals surface area contributed by atoms with Crippen molar-refractivity contribution in [2.75, 3.05) is 0 Å². The smallest absolute Gasteiger partial charge is 0.343 e. The third-order valence-corrected chi connectivity index (χ3v) is 2.63. The normalized spacial score (nSPS) is 10.1. The summed E-state index contributed by atoms with van der Waals surface area (Å²) in [6, 6.07) is 14.5. The summed E-state index contributed by atoms with van der Waals surface area (Å²) in [4.78, 5) is 11.9. The van der Waals surface area contributed by atoms with Gasteiger partial charge in [0.2, 0.25) is 0 Å². The molecule has 0 atom stereocenters. The summed E-state index contributed by atoms with van der Waals surface area (Å²) >= 11 is 0. The number of hydrogen-bond acceptors (Lipinski definition) is 3. The highest BCUT2D eigenvalue weighted by molar-refractivity contribution is 5.91. The average molecular weight is 241 g/mol. The Morgan fingerprint density at radius 1 is 1.17 bits per heavy atom. The van der Waals surface area contributed by atoms with Crippen LogP contribution in [0.4, 0.5) is 0 Å². The van der Waals surface area contributed by atoms with E-state index in [0.717, 1.165) is 11.1 Å². The van der Waals surface area contributed by atoms with Gasteiger partial charge in [-0.3, -0.25) is 0 Å². The van der Waals surface area contributed by atoms with Crippen molar-refractivity contribution in [2.45, 2.75) is 13.5 Å². The van der Waals surface area contributed by atoms with Gasteiger partial charge in [-0.05, 0) is 42.3 Å². The van der Waals surface area contributed by atoms with Gasteiger partial charge < -0.3 is 10.5 Å². The number of hydrogen-bond donors (Lipinski definition) is 1. The number of esters is 1. The largest absolute Gasteiger partial charge is 0.423 e. The van der Waals surface area contributed by atoms with E-state index >= 15 is 0 Å². The van der Waals surface area contributed by atoms with E-state index in [9.17, 15) is 4.79 Å². The van der Waals surface area contributed by atoms with E-state index in [0.29, 0.717) is 17.9 Å². The molecule has 0 saturated heterocycles. The molecule has 2 N–H and O–H groups in total. The van der Waals surface area contributed by atoms with E-state index in [1.165, 1.54) is 0 Å². The Kier molecular flexibility index (Phi) is 3.75. The Hall–Kier alpha value is -2.13. The lowest BCUT2D eigenvalue weighted by Gasteiger charge is -2.05. The van der Waals surface area contributed by atoms with Crippen molar-refractivity contribution < 1.29 is 9.53 Å². The summed E-state index contributed by atoms with van der Waals surface area (Å²) in [5, 5.41) is 0. The van der Waals surface area contributed by atoms with Gasteiger partial charge in [-0.1, -0.05) is 24.3 Å². The van der Waals surface area contributed by atoms with Crippen LogP contribution in [0.5, 0.6) is 5.75 Å². The number of aryl methyl sites for hydroxylation is 1. The first-order valence-corrected chi connectivity index (χ1v) is 5.77. The lowest BCUT2D eigenvalue weighted by atomic mass is 10.1. The van der Waals surface area contributed by atoms with Crippen molar-refractivity contribution in [1.29, 1.82) is 0 Å². The molecule has 0 saturated carbocycles. The van der Waals surface area contributed by atoms with Crippen molar-refractivity contribution in [3.05, 3.63) is 65.2 Å². The van der Waals surface area contributed by atoms with Crippen LogP contribution in [0.2, 0.25) is 0 Å². The van der Waals surface area contributed by atoms with E-state index in [-0.39, 0.29) is 5.97 Å². The van der Waals surface area contributed by atoms with Crippen LogP contribution in [0.1, 0.15) is 21.5 Å². The van der Waals surface area contributed by atoms with Crippen LogP contribution < -0.4 is 10.5 Å². The number of benzene rings is 2. The van der Waals surface area contributed by atoms with E-state index in [1.807, 2.05) is 37.3 Å². The first-order chi connectivity index (χ1) is 8.69. The second-order valence-corrected chi connectivity index (χ2v) is 4.11. The molecular weight excluding hydrogens is 226 g/mol. The van der Waals surface area contributed by atoms with Crippen LogP contribution in [0.3, 0.4) is 0 Å². The van der Waals surface area contributed by atoms with Crippen molar-refractivity contribution in [3.8, 4) is 5.75 Å². The third-order valence-electron chi connectivity index (χ3n) is 2.63. The first kappa shape index (κ1) is 12.3. The SMILES string of the molecule is Cc1cccc(OC(=O)c2ccc(CN)cc2)c1. The van der Waals surface area contributed by atoms with Crippen LogP contribution in [-0.2, 0) is 6.54 Å². The quantitative estimate of drug-likeness (QED) is 0.664. The topological polar surface area (TPSA) is 52.3 Å². The minimum absolute atomic E-state index is 0.357. The molecule has 0 spiro atoms. The zero-order valence-electron chi connectivity index (χ0n) is 10.2. The van der Waals surface area contributed by atoms with Gasteiger partial charge in [0.1, 0.15) is 5.75 Å². The molecule has 2 rings (SSSR count). The Morgan fingerprint density at radius 3 is 2.50 bits per heavy atom. The van der Waals surface area contributed by atoms with E-state index in [1.54, 1.807) is 18.2 Å². The van der Waals surface area contributed by atoms with Crippen molar-refractivity contribution in [2.24, 2.45) is 5.73 Å². The zero-order valence-corrected chi connectivity index (χ0v) is 10.2. The van der Waals surface area contributed by atoms with Gasteiger partial charge in [-0.15, -0.1) is 0 Å². The van der Waals surface area contributed by atoms with Gasteiger partial charge in [0.15, 0.2) is 0 Å². The van der Waals surface area contributed by atoms with Gasteiger partial charge in [0, 0.05) is 6.54 Å². The van der Waals surface area contributed by atoms with Gasteiger partial charge in [-0.25, -0.2) is 4.79 Å². The molecule has 0 radical (unpaired) electrons. The van der Waals surface area contributed by atoms with Gasteiger partial charge in [-0.2, -0.15) is 0 Å². The number of ether oxygens (including phenoxy) is 1. The molecule has 2 aromatic carbocycles. The molecule has 92 valence electrons. The van der Waals surface area contributed by atoms with Crippen LogP contribution in [0.15, 0.2) is 48.5 Å². The molecule has 0 unspecified atom stereocenters. The molecule has 0 amide bonds. The van der Waals surface area contributed by atoms with E-state index in [2.05, 4.69) is 0 Å². The average Bonchev–Trinajstić information content (AvgIpc) is 2.39. The summed E-state index contributed by atoms with van der Waals surface area (Å²) in [6.45, 7) is 2.42. The molecule has 0 heterocycles. The van der Waals surface area contributed by atoms with Gasteiger partial charge in [0.05, 0.1) is 5.56 Å². The summed E-state index contributed by atoms with van der Waals surface area (Å²) in [7, 11) is 0. The van der Waals surface area contributed by atoms with Crippen molar-refractivity contribution in [1.82, 2.24) is 0 Å². The van der Waals surface area contributed by atoms with E-state index < -0.39 is 0 Å². The standard InChI is InChI=1S/C15H15NO2/c1-11-3-2-4-14(9-11)18-15(17)13-7-5-12(10-16)6-8-13/h2-9H,10,16H2,1H3. The molecule has 2 aromatic rings. The Balaban J connectivity index is 2.11. The minimum Gasteiger partial charge on any atom is -0.423 e. The maximum absolute atomic E-state index is 11.9. The predicted octanol–water partition coefficient (Wildman–Crippen LogP) is 2.67. The lowest BCUT2D eigenvalue weighted by Crippen LogP contribution is -2.08. The van der Waals surface area contributed by atoms with Gasteiger partial charge >= 0.3 is 5.97 Å². The molecular formula is C15H15NO2. The zero-order chi connectivity index (χ0) is 13.0. The number of carbonyl (C=O) groups excluding carboxylic acids is 1. The van der Waals surface area contributed by atoms with Crippen LogP contribution >= 0.6 is 0 Å². The second kappa shape index (κ2) is 5.47. The Labute approximate surface area is 106 Å². The maximum atomic E-state index is 11.9. The fourth-order valence-corrected chi connectivity index (χ4v) is 1.62. The molecule has 3 nitrogen and oxygen atoms in total. The van der Waals surface area contributed by atoms with Crippen molar-refractivity contribution in [3.63, 3.8) is 0 Å². The lowest BCUT2D eigenvalue weighted by molar-refractivity contribution is 0.0734. The molecule has 0 aliphatic rings. The minimum atomic E-state index is -0.357. The second-order valence-electron chi connectivity index (χ2n) is 4.11.